The van der Waals surface area contributed by atoms with Gasteiger partial charge in [0.2, 0.25) is 0 Å². The molecule has 0 saturated carbocycles. The van der Waals surface area contributed by atoms with E-state index in [9.17, 15) is 14.3 Å². The molecule has 208 valence electrons. The summed E-state index contributed by atoms with van der Waals surface area (Å²) < 4.78 is 31.7. The summed E-state index contributed by atoms with van der Waals surface area (Å²) in [6.07, 6.45) is 3.11. The highest BCUT2D eigenvalue weighted by Gasteiger charge is 2.16. The third kappa shape index (κ3) is 7.00. The molecule has 1 N–H and O–H groups in total. The van der Waals surface area contributed by atoms with E-state index in [2.05, 4.69) is 19.9 Å². The number of benzene rings is 4. The van der Waals surface area contributed by atoms with Gasteiger partial charge in [-0.25, -0.2) is 9.18 Å². The van der Waals surface area contributed by atoms with Gasteiger partial charge in [-0.3, -0.25) is 0 Å². The Morgan fingerprint density at radius 2 is 1.50 bits per heavy atom. The molecule has 0 spiro atoms. The number of aromatic carboxylic acids is 1. The maximum absolute atomic E-state index is 13.4. The normalized spacial score (nSPS) is 10.8. The van der Waals surface area contributed by atoms with Crippen LogP contribution in [0.15, 0.2) is 78.9 Å². The fourth-order valence-electron chi connectivity index (χ4n) is 4.62. The van der Waals surface area contributed by atoms with Crippen LogP contribution in [0.3, 0.4) is 0 Å². The lowest BCUT2D eigenvalue weighted by Crippen LogP contribution is -2.08. The van der Waals surface area contributed by atoms with Crippen LogP contribution < -0.4 is 14.2 Å². The van der Waals surface area contributed by atoms with Crippen molar-refractivity contribution in [3.05, 3.63) is 107 Å². The topological polar surface area (TPSA) is 65.0 Å². The minimum Gasteiger partial charge on any atom is -0.493 e. The lowest BCUT2D eigenvalue weighted by molar-refractivity contribution is 0.0694. The van der Waals surface area contributed by atoms with Crippen molar-refractivity contribution >= 4 is 5.97 Å². The van der Waals surface area contributed by atoms with E-state index in [0.717, 1.165) is 58.6 Å². The lowest BCUT2D eigenvalue weighted by Gasteiger charge is -2.17. The van der Waals surface area contributed by atoms with Crippen molar-refractivity contribution in [3.8, 4) is 34.1 Å². The summed E-state index contributed by atoms with van der Waals surface area (Å²) in [7, 11) is 0. The Balaban J connectivity index is 1.40. The molecule has 4 rings (SSSR count). The van der Waals surface area contributed by atoms with Crippen molar-refractivity contribution in [2.24, 2.45) is 0 Å². The molecule has 0 heterocycles. The van der Waals surface area contributed by atoms with E-state index in [1.165, 1.54) is 18.2 Å². The zero-order valence-electron chi connectivity index (χ0n) is 23.2. The summed E-state index contributed by atoms with van der Waals surface area (Å²) in [4.78, 5) is 11.6. The van der Waals surface area contributed by atoms with Gasteiger partial charge in [0.15, 0.2) is 0 Å². The van der Waals surface area contributed by atoms with E-state index in [4.69, 9.17) is 14.2 Å². The van der Waals surface area contributed by atoms with E-state index < -0.39 is 5.97 Å². The van der Waals surface area contributed by atoms with Crippen LogP contribution >= 0.6 is 0 Å². The zero-order valence-corrected chi connectivity index (χ0v) is 23.2. The number of para-hydroxylation sites is 1. The number of halogens is 1. The van der Waals surface area contributed by atoms with E-state index in [0.29, 0.717) is 31.1 Å². The molecule has 0 amide bonds. The van der Waals surface area contributed by atoms with Crippen molar-refractivity contribution in [1.82, 2.24) is 0 Å². The van der Waals surface area contributed by atoms with Crippen molar-refractivity contribution in [1.29, 1.82) is 0 Å². The monoisotopic (exact) mass is 542 g/mol. The molecule has 0 saturated heterocycles. The Morgan fingerprint density at radius 3 is 2.20 bits per heavy atom. The molecule has 0 radical (unpaired) electrons. The van der Waals surface area contributed by atoms with Crippen LogP contribution in [-0.4, -0.2) is 24.3 Å². The molecule has 0 fully saturated rings. The predicted octanol–water partition coefficient (Wildman–Crippen LogP) is 8.65. The molecule has 4 aromatic carbocycles. The van der Waals surface area contributed by atoms with Crippen LogP contribution in [0.4, 0.5) is 4.39 Å². The van der Waals surface area contributed by atoms with E-state index >= 15 is 0 Å². The number of carboxylic acid groups (broad SMARTS) is 1. The van der Waals surface area contributed by atoms with Gasteiger partial charge in [-0.1, -0.05) is 50.6 Å². The van der Waals surface area contributed by atoms with Crippen LogP contribution in [0.25, 0.3) is 11.1 Å². The Kier molecular flexibility index (Phi) is 9.79. The number of aryl methyl sites for hydroxylation is 2. The first kappa shape index (κ1) is 28.7. The average Bonchev–Trinajstić information content (AvgIpc) is 2.95. The standard InChI is InChI=1S/C34H35FO5/c1-4-10-27-30(13-8-14-31(27)40-32-12-7-6-11-28(32)34(36)37)38-19-9-20-39-33-21-23(3)29(22-24(33)5-2)25-15-17-26(35)18-16-25/h6-8,11-18,21-22H,4-5,9-10,19-20H2,1-3H3,(H,36,37). The Bertz CT molecular complexity index is 1450. The van der Waals surface area contributed by atoms with Gasteiger partial charge in [0.05, 0.1) is 13.2 Å². The second-order valence-corrected chi connectivity index (χ2v) is 9.57. The molecule has 6 heteroatoms. The molecule has 0 aliphatic rings. The van der Waals surface area contributed by atoms with Gasteiger partial charge >= 0.3 is 5.97 Å². The third-order valence-corrected chi connectivity index (χ3v) is 6.67. The smallest absolute Gasteiger partial charge is 0.339 e. The maximum atomic E-state index is 13.4. The number of rotatable bonds is 13. The van der Waals surface area contributed by atoms with Crippen molar-refractivity contribution in [2.75, 3.05) is 13.2 Å². The Morgan fingerprint density at radius 1 is 0.825 bits per heavy atom. The molecule has 0 aromatic heterocycles. The fourth-order valence-corrected chi connectivity index (χ4v) is 4.62. The minimum absolute atomic E-state index is 0.112. The molecule has 0 bridgehead atoms. The predicted molar refractivity (Wildman–Crippen MR) is 155 cm³/mol. The highest BCUT2D eigenvalue weighted by Crippen LogP contribution is 2.35. The van der Waals surface area contributed by atoms with E-state index in [1.807, 2.05) is 31.2 Å². The molecule has 0 aliphatic heterocycles. The van der Waals surface area contributed by atoms with Gasteiger partial charge in [0.25, 0.3) is 0 Å². The zero-order chi connectivity index (χ0) is 28.5. The van der Waals surface area contributed by atoms with Gasteiger partial charge in [0.1, 0.15) is 34.4 Å². The Labute approximate surface area is 235 Å². The van der Waals surface area contributed by atoms with Crippen LogP contribution in [-0.2, 0) is 12.8 Å². The van der Waals surface area contributed by atoms with Gasteiger partial charge < -0.3 is 19.3 Å². The van der Waals surface area contributed by atoms with E-state index in [1.54, 1.807) is 30.3 Å². The summed E-state index contributed by atoms with van der Waals surface area (Å²) in [6, 6.07) is 22.9. The highest BCUT2D eigenvalue weighted by molar-refractivity contribution is 5.91. The summed E-state index contributed by atoms with van der Waals surface area (Å²) in [5.74, 6) is 1.18. The van der Waals surface area contributed by atoms with Gasteiger partial charge in [-0.15, -0.1) is 0 Å². The fraction of sp³-hybridized carbons (Fsp3) is 0.265. The SMILES string of the molecule is CCCc1c(OCCCOc2cc(C)c(-c3ccc(F)cc3)cc2CC)cccc1Oc1ccccc1C(=O)O. The molecule has 4 aromatic rings. The second-order valence-electron chi connectivity index (χ2n) is 9.57. The van der Waals surface area contributed by atoms with Gasteiger partial charge in [-0.2, -0.15) is 0 Å². The molecule has 40 heavy (non-hydrogen) atoms. The largest absolute Gasteiger partial charge is 0.493 e. The second kappa shape index (κ2) is 13.7. The first-order chi connectivity index (χ1) is 19.4. The molecule has 5 nitrogen and oxygen atoms in total. The van der Waals surface area contributed by atoms with Crippen LogP contribution in [0.1, 0.15) is 53.7 Å². The van der Waals surface area contributed by atoms with Crippen LogP contribution in [0.2, 0.25) is 0 Å². The Hall–Kier alpha value is -4.32. The molecule has 0 unspecified atom stereocenters. The summed E-state index contributed by atoms with van der Waals surface area (Å²) >= 11 is 0. The molecule has 0 atom stereocenters. The van der Waals surface area contributed by atoms with Crippen molar-refractivity contribution < 1.29 is 28.5 Å². The van der Waals surface area contributed by atoms with E-state index in [-0.39, 0.29) is 11.4 Å². The summed E-state index contributed by atoms with van der Waals surface area (Å²) in [5, 5.41) is 9.51. The van der Waals surface area contributed by atoms with Crippen molar-refractivity contribution in [3.63, 3.8) is 0 Å². The molecular weight excluding hydrogens is 507 g/mol. The lowest BCUT2D eigenvalue weighted by atomic mass is 9.96. The average molecular weight is 543 g/mol. The number of ether oxygens (including phenoxy) is 3. The number of carbonyl (C=O) groups is 1. The number of hydrogen-bond donors (Lipinski definition) is 1. The number of carboxylic acids is 1. The van der Waals surface area contributed by atoms with Crippen molar-refractivity contribution in [2.45, 2.75) is 46.5 Å². The van der Waals surface area contributed by atoms with Gasteiger partial charge in [0, 0.05) is 12.0 Å². The van der Waals surface area contributed by atoms with Gasteiger partial charge in [-0.05, 0) is 90.6 Å². The van der Waals surface area contributed by atoms with Crippen LogP contribution in [0, 0.1) is 12.7 Å². The van der Waals surface area contributed by atoms with Crippen LogP contribution in [0.5, 0.6) is 23.0 Å². The maximum Gasteiger partial charge on any atom is 0.339 e. The quantitative estimate of drug-likeness (QED) is 0.171. The first-order valence-electron chi connectivity index (χ1n) is 13.7. The first-order valence-corrected chi connectivity index (χ1v) is 13.7. The molecular formula is C34H35FO5. The minimum atomic E-state index is -1.04. The highest BCUT2D eigenvalue weighted by atomic mass is 19.1. The third-order valence-electron chi connectivity index (χ3n) is 6.67. The summed E-state index contributed by atoms with van der Waals surface area (Å²) in [5.41, 5.74) is 5.24. The number of hydrogen-bond acceptors (Lipinski definition) is 4. The molecule has 0 aliphatic carbocycles. The summed E-state index contributed by atoms with van der Waals surface area (Å²) in [6.45, 7) is 7.16.